The zero-order valence-electron chi connectivity index (χ0n) is 13.1. The molecule has 1 saturated heterocycles. The van der Waals surface area contributed by atoms with Crippen molar-refractivity contribution in [1.29, 1.82) is 0 Å². The van der Waals surface area contributed by atoms with Crippen LogP contribution in [-0.4, -0.2) is 59.0 Å². The molecule has 4 atom stereocenters. The second kappa shape index (κ2) is 7.58. The van der Waals surface area contributed by atoms with E-state index in [9.17, 15) is 19.8 Å². The molecule has 1 aromatic heterocycles. The lowest BCUT2D eigenvalue weighted by atomic mass is 10.1. The van der Waals surface area contributed by atoms with Gasteiger partial charge in [-0.3, -0.25) is 9.59 Å². The molecule has 0 bridgehead atoms. The summed E-state index contributed by atoms with van der Waals surface area (Å²) in [7, 11) is 0. The van der Waals surface area contributed by atoms with Gasteiger partial charge in [-0.15, -0.1) is 0 Å². The molecule has 8 nitrogen and oxygen atoms in total. The molecule has 128 valence electrons. The van der Waals surface area contributed by atoms with E-state index in [1.165, 1.54) is 12.3 Å². The minimum Gasteiger partial charge on any atom is -0.459 e. The molecule has 8 heteroatoms. The minimum atomic E-state index is -1.18. The number of rotatable bonds is 6. The number of nitrogens with one attached hydrogen (secondary N) is 2. The van der Waals surface area contributed by atoms with Gasteiger partial charge in [0, 0.05) is 12.6 Å². The Balaban J connectivity index is 1.84. The second-order valence-electron chi connectivity index (χ2n) is 5.81. The Morgan fingerprint density at radius 3 is 2.57 bits per heavy atom. The number of hydrogen-bond donors (Lipinski definition) is 4. The highest BCUT2D eigenvalue weighted by Crippen LogP contribution is 2.23. The van der Waals surface area contributed by atoms with E-state index in [0.717, 1.165) is 0 Å². The molecule has 0 spiro atoms. The summed E-state index contributed by atoms with van der Waals surface area (Å²) >= 11 is 0. The van der Waals surface area contributed by atoms with Crippen molar-refractivity contribution < 1.29 is 29.0 Å². The summed E-state index contributed by atoms with van der Waals surface area (Å²) in [4.78, 5) is 23.5. The SMILES string of the molecule is CC(C)NC(=O)CC1OC(CNC(=O)c2ccco2)C(O)C1O. The molecule has 23 heavy (non-hydrogen) atoms. The first-order chi connectivity index (χ1) is 10.9. The Morgan fingerprint density at radius 2 is 1.96 bits per heavy atom. The molecule has 0 aromatic carbocycles. The van der Waals surface area contributed by atoms with Gasteiger partial charge in [0.15, 0.2) is 5.76 Å². The van der Waals surface area contributed by atoms with E-state index in [0.29, 0.717) is 0 Å². The molecule has 0 aliphatic carbocycles. The van der Waals surface area contributed by atoms with Gasteiger partial charge in [-0.05, 0) is 26.0 Å². The highest BCUT2D eigenvalue weighted by molar-refractivity contribution is 5.91. The fourth-order valence-electron chi connectivity index (χ4n) is 2.41. The number of carbonyl (C=O) groups is 2. The number of aliphatic hydroxyl groups is 2. The molecule has 0 radical (unpaired) electrons. The lowest BCUT2D eigenvalue weighted by Gasteiger charge is -2.15. The van der Waals surface area contributed by atoms with E-state index < -0.39 is 30.3 Å². The lowest BCUT2D eigenvalue weighted by molar-refractivity contribution is -0.125. The molecule has 1 aromatic rings. The summed E-state index contributed by atoms with van der Waals surface area (Å²) in [5.41, 5.74) is 0. The van der Waals surface area contributed by atoms with Crippen molar-refractivity contribution in [3.8, 4) is 0 Å². The third-order valence-electron chi connectivity index (χ3n) is 3.51. The topological polar surface area (TPSA) is 121 Å². The minimum absolute atomic E-state index is 0.0000591. The molecule has 0 saturated carbocycles. The standard InChI is InChI=1S/C15H22N2O6/c1-8(2)17-12(18)6-10-13(19)14(20)11(23-10)7-16-15(21)9-4-3-5-22-9/h3-5,8,10-11,13-14,19-20H,6-7H2,1-2H3,(H,16,21)(H,17,18). The molecular weight excluding hydrogens is 304 g/mol. The van der Waals surface area contributed by atoms with Crippen molar-refractivity contribution in [1.82, 2.24) is 10.6 Å². The van der Waals surface area contributed by atoms with Crippen LogP contribution in [-0.2, 0) is 9.53 Å². The van der Waals surface area contributed by atoms with Gasteiger partial charge < -0.3 is 30.0 Å². The summed E-state index contributed by atoms with van der Waals surface area (Å²) in [5, 5.41) is 25.2. The smallest absolute Gasteiger partial charge is 0.287 e. The van der Waals surface area contributed by atoms with Crippen molar-refractivity contribution in [2.24, 2.45) is 0 Å². The van der Waals surface area contributed by atoms with Gasteiger partial charge in [0.05, 0.1) is 18.8 Å². The van der Waals surface area contributed by atoms with Crippen LogP contribution in [0.3, 0.4) is 0 Å². The van der Waals surface area contributed by atoms with Gasteiger partial charge >= 0.3 is 0 Å². The number of amides is 2. The van der Waals surface area contributed by atoms with Gasteiger partial charge in [-0.25, -0.2) is 0 Å². The highest BCUT2D eigenvalue weighted by atomic mass is 16.5. The van der Waals surface area contributed by atoms with Gasteiger partial charge in [-0.1, -0.05) is 0 Å². The summed E-state index contributed by atoms with van der Waals surface area (Å²) < 4.78 is 10.5. The Bertz CT molecular complexity index is 530. The van der Waals surface area contributed by atoms with Crippen molar-refractivity contribution in [3.63, 3.8) is 0 Å². The zero-order chi connectivity index (χ0) is 17.0. The van der Waals surface area contributed by atoms with Crippen LogP contribution >= 0.6 is 0 Å². The number of furan rings is 1. The Hall–Kier alpha value is -1.90. The molecule has 1 fully saturated rings. The fourth-order valence-corrected chi connectivity index (χ4v) is 2.41. The number of ether oxygens (including phenoxy) is 1. The summed E-state index contributed by atoms with van der Waals surface area (Å²) in [6.07, 6.45) is -2.64. The molecule has 1 aliphatic rings. The first kappa shape index (κ1) is 17.5. The lowest BCUT2D eigenvalue weighted by Crippen LogP contribution is -2.40. The molecule has 4 unspecified atom stereocenters. The van der Waals surface area contributed by atoms with Crippen LogP contribution in [0.5, 0.6) is 0 Å². The number of hydrogen-bond acceptors (Lipinski definition) is 6. The largest absolute Gasteiger partial charge is 0.459 e. The molecule has 4 N–H and O–H groups in total. The third kappa shape index (κ3) is 4.54. The van der Waals surface area contributed by atoms with Gasteiger partial charge in [0.1, 0.15) is 18.3 Å². The molecule has 1 aliphatic heterocycles. The first-order valence-corrected chi connectivity index (χ1v) is 7.51. The second-order valence-corrected chi connectivity index (χ2v) is 5.81. The normalized spacial score (nSPS) is 27.2. The summed E-state index contributed by atoms with van der Waals surface area (Å²) in [5.74, 6) is -0.566. The quantitative estimate of drug-likeness (QED) is 0.555. The predicted molar refractivity (Wildman–Crippen MR) is 79.6 cm³/mol. The van der Waals surface area contributed by atoms with Crippen molar-refractivity contribution in [2.75, 3.05) is 6.54 Å². The average molecular weight is 326 g/mol. The monoisotopic (exact) mass is 326 g/mol. The Morgan fingerprint density at radius 1 is 1.26 bits per heavy atom. The highest BCUT2D eigenvalue weighted by Gasteiger charge is 2.43. The predicted octanol–water partition coefficient (Wildman–Crippen LogP) is -0.587. The van der Waals surface area contributed by atoms with Crippen LogP contribution in [0.4, 0.5) is 0 Å². The van der Waals surface area contributed by atoms with Crippen LogP contribution in [0, 0.1) is 0 Å². The van der Waals surface area contributed by atoms with Crippen LogP contribution in [0.1, 0.15) is 30.8 Å². The van der Waals surface area contributed by atoms with E-state index in [-0.39, 0.29) is 30.7 Å². The van der Waals surface area contributed by atoms with Crippen LogP contribution in [0.2, 0.25) is 0 Å². The van der Waals surface area contributed by atoms with E-state index in [4.69, 9.17) is 9.15 Å². The molecule has 2 heterocycles. The molecular formula is C15H22N2O6. The Kier molecular flexibility index (Phi) is 5.75. The average Bonchev–Trinajstić information content (AvgIpc) is 3.09. The van der Waals surface area contributed by atoms with E-state index in [2.05, 4.69) is 10.6 Å². The zero-order valence-corrected chi connectivity index (χ0v) is 13.1. The summed E-state index contributed by atoms with van der Waals surface area (Å²) in [6.45, 7) is 3.65. The van der Waals surface area contributed by atoms with Crippen molar-refractivity contribution in [2.45, 2.75) is 50.7 Å². The van der Waals surface area contributed by atoms with E-state index >= 15 is 0 Å². The van der Waals surface area contributed by atoms with Gasteiger partial charge in [0.2, 0.25) is 5.91 Å². The van der Waals surface area contributed by atoms with Crippen LogP contribution in [0.15, 0.2) is 22.8 Å². The van der Waals surface area contributed by atoms with Gasteiger partial charge in [-0.2, -0.15) is 0 Å². The molecule has 2 rings (SSSR count). The fraction of sp³-hybridized carbons (Fsp3) is 0.600. The Labute approximate surface area is 133 Å². The van der Waals surface area contributed by atoms with Crippen LogP contribution in [0.25, 0.3) is 0 Å². The van der Waals surface area contributed by atoms with Gasteiger partial charge in [0.25, 0.3) is 5.91 Å². The number of aliphatic hydroxyl groups excluding tert-OH is 2. The van der Waals surface area contributed by atoms with Crippen molar-refractivity contribution in [3.05, 3.63) is 24.2 Å². The maximum atomic E-state index is 11.8. The maximum Gasteiger partial charge on any atom is 0.287 e. The number of carbonyl (C=O) groups excluding carboxylic acids is 2. The van der Waals surface area contributed by atoms with Crippen molar-refractivity contribution >= 4 is 11.8 Å². The summed E-state index contributed by atoms with van der Waals surface area (Å²) in [6, 6.07) is 3.08. The third-order valence-corrected chi connectivity index (χ3v) is 3.51. The van der Waals surface area contributed by atoms with E-state index in [1.807, 2.05) is 13.8 Å². The molecule has 2 amide bonds. The maximum absolute atomic E-state index is 11.8. The first-order valence-electron chi connectivity index (χ1n) is 7.51. The van der Waals surface area contributed by atoms with E-state index in [1.54, 1.807) is 6.07 Å². The van der Waals surface area contributed by atoms with Crippen LogP contribution < -0.4 is 10.6 Å².